The van der Waals surface area contributed by atoms with Gasteiger partial charge in [0.15, 0.2) is 0 Å². The molecule has 1 saturated heterocycles. The number of hydrogen-bond donors (Lipinski definition) is 0. The van der Waals surface area contributed by atoms with E-state index in [1.807, 2.05) is 6.07 Å². The first-order valence-electron chi connectivity index (χ1n) is 6.13. The molecule has 0 radical (unpaired) electrons. The highest BCUT2D eigenvalue weighted by molar-refractivity contribution is 5.81. The van der Waals surface area contributed by atoms with Crippen LogP contribution in [0.2, 0.25) is 0 Å². The molecular formula is C14H16O5. The van der Waals surface area contributed by atoms with E-state index in [2.05, 4.69) is 4.74 Å². The van der Waals surface area contributed by atoms with E-state index in [4.69, 9.17) is 9.47 Å². The number of carbonyl (C=O) groups excluding carboxylic acids is 2. The Morgan fingerprint density at radius 3 is 2.63 bits per heavy atom. The molecular weight excluding hydrogens is 248 g/mol. The quantitative estimate of drug-likeness (QED) is 0.771. The number of hydrogen-bond acceptors (Lipinski definition) is 5. The summed E-state index contributed by atoms with van der Waals surface area (Å²) in [5.74, 6) is -1.30. The fourth-order valence-electron chi connectivity index (χ4n) is 1.92. The minimum Gasteiger partial charge on any atom is -0.466 e. The van der Waals surface area contributed by atoms with Gasteiger partial charge in [0.1, 0.15) is 0 Å². The molecule has 5 nitrogen and oxygen atoms in total. The first kappa shape index (κ1) is 13.5. The highest BCUT2D eigenvalue weighted by Crippen LogP contribution is 2.23. The largest absolute Gasteiger partial charge is 0.466 e. The topological polar surface area (TPSA) is 61.8 Å². The monoisotopic (exact) mass is 264 g/mol. The van der Waals surface area contributed by atoms with Crippen molar-refractivity contribution in [2.45, 2.75) is 12.5 Å². The van der Waals surface area contributed by atoms with E-state index in [9.17, 15) is 9.59 Å². The third-order valence-corrected chi connectivity index (χ3v) is 3.01. The molecule has 1 aliphatic rings. The number of esters is 2. The lowest BCUT2D eigenvalue weighted by Crippen LogP contribution is -2.25. The molecule has 5 heteroatoms. The summed E-state index contributed by atoms with van der Waals surface area (Å²) in [6.45, 7) is 0.898. The van der Waals surface area contributed by atoms with Crippen molar-refractivity contribution in [2.24, 2.45) is 5.92 Å². The lowest BCUT2D eigenvalue weighted by Gasteiger charge is -2.17. The summed E-state index contributed by atoms with van der Waals surface area (Å²) in [6.07, 6.45) is -0.388. The molecule has 1 aromatic rings. The molecule has 1 aromatic carbocycles. The summed E-state index contributed by atoms with van der Waals surface area (Å²) in [6, 6.07) is 8.82. The van der Waals surface area contributed by atoms with Crippen LogP contribution in [-0.4, -0.2) is 32.3 Å². The normalized spacial score (nSPS) is 19.7. The summed E-state index contributed by atoms with van der Waals surface area (Å²) in [7, 11) is 1.27. The van der Waals surface area contributed by atoms with Crippen molar-refractivity contribution in [3.05, 3.63) is 35.9 Å². The van der Waals surface area contributed by atoms with Gasteiger partial charge in [0.25, 0.3) is 0 Å². The molecule has 2 atom stereocenters. The standard InChI is InChI=1S/C14H16O5/c1-17-14(16)12(10-5-3-2-4-6-10)19-13(15)11-7-8-18-9-11/h2-6,11-12H,7-9H2,1H3/t11?,12-/m0/s1. The van der Waals surface area contributed by atoms with Gasteiger partial charge in [0.2, 0.25) is 6.10 Å². The van der Waals surface area contributed by atoms with Crippen LogP contribution in [0.25, 0.3) is 0 Å². The van der Waals surface area contributed by atoms with Gasteiger partial charge in [-0.1, -0.05) is 30.3 Å². The van der Waals surface area contributed by atoms with E-state index in [1.54, 1.807) is 24.3 Å². The van der Waals surface area contributed by atoms with E-state index in [0.29, 0.717) is 25.2 Å². The van der Waals surface area contributed by atoms with E-state index >= 15 is 0 Å². The van der Waals surface area contributed by atoms with Crippen molar-refractivity contribution in [1.29, 1.82) is 0 Å². The number of ether oxygens (including phenoxy) is 3. The zero-order valence-electron chi connectivity index (χ0n) is 10.7. The molecule has 1 fully saturated rings. The van der Waals surface area contributed by atoms with Crippen LogP contribution < -0.4 is 0 Å². The highest BCUT2D eigenvalue weighted by Gasteiger charge is 2.31. The van der Waals surface area contributed by atoms with Gasteiger partial charge in [-0.05, 0) is 6.42 Å². The van der Waals surface area contributed by atoms with Crippen LogP contribution in [-0.2, 0) is 23.8 Å². The van der Waals surface area contributed by atoms with E-state index in [0.717, 1.165) is 0 Å². The van der Waals surface area contributed by atoms with Gasteiger partial charge in [-0.15, -0.1) is 0 Å². The molecule has 0 spiro atoms. The number of methoxy groups -OCH3 is 1. The Morgan fingerprint density at radius 2 is 2.05 bits per heavy atom. The maximum absolute atomic E-state index is 11.9. The molecule has 1 unspecified atom stereocenters. The van der Waals surface area contributed by atoms with E-state index in [-0.39, 0.29) is 5.92 Å². The zero-order chi connectivity index (χ0) is 13.7. The lowest BCUT2D eigenvalue weighted by molar-refractivity contribution is -0.169. The summed E-state index contributed by atoms with van der Waals surface area (Å²) in [5, 5.41) is 0. The summed E-state index contributed by atoms with van der Waals surface area (Å²) in [5.41, 5.74) is 0.599. The summed E-state index contributed by atoms with van der Waals surface area (Å²) < 4.78 is 15.1. The van der Waals surface area contributed by atoms with Crippen LogP contribution in [0.3, 0.4) is 0 Å². The van der Waals surface area contributed by atoms with E-state index in [1.165, 1.54) is 7.11 Å². The highest BCUT2D eigenvalue weighted by atomic mass is 16.6. The predicted molar refractivity (Wildman–Crippen MR) is 66.2 cm³/mol. The third-order valence-electron chi connectivity index (χ3n) is 3.01. The maximum atomic E-state index is 11.9. The molecule has 0 N–H and O–H groups in total. The van der Waals surface area contributed by atoms with Crippen molar-refractivity contribution in [3.63, 3.8) is 0 Å². The Morgan fingerprint density at radius 1 is 1.32 bits per heavy atom. The van der Waals surface area contributed by atoms with Crippen LogP contribution in [0.15, 0.2) is 30.3 Å². The Hall–Kier alpha value is -1.88. The van der Waals surface area contributed by atoms with Crippen LogP contribution >= 0.6 is 0 Å². The molecule has 2 rings (SSSR count). The molecule has 1 heterocycles. The first-order chi connectivity index (χ1) is 9.22. The molecule has 1 aliphatic heterocycles. The second-order valence-electron chi connectivity index (χ2n) is 4.31. The Bertz CT molecular complexity index is 436. The van der Waals surface area contributed by atoms with Crippen molar-refractivity contribution < 1.29 is 23.8 Å². The Labute approximate surface area is 111 Å². The zero-order valence-corrected chi connectivity index (χ0v) is 10.7. The van der Waals surface area contributed by atoms with E-state index < -0.39 is 18.0 Å². The first-order valence-corrected chi connectivity index (χ1v) is 6.13. The second-order valence-corrected chi connectivity index (χ2v) is 4.31. The number of carbonyl (C=O) groups is 2. The lowest BCUT2D eigenvalue weighted by atomic mass is 10.1. The number of benzene rings is 1. The molecule has 0 bridgehead atoms. The molecule has 19 heavy (non-hydrogen) atoms. The maximum Gasteiger partial charge on any atom is 0.351 e. The summed E-state index contributed by atoms with van der Waals surface area (Å²) in [4.78, 5) is 23.7. The molecule has 0 saturated carbocycles. The second kappa shape index (κ2) is 6.33. The average molecular weight is 264 g/mol. The Kier molecular flexibility index (Phi) is 4.52. The average Bonchev–Trinajstić information content (AvgIpc) is 2.99. The van der Waals surface area contributed by atoms with Crippen molar-refractivity contribution in [2.75, 3.05) is 20.3 Å². The SMILES string of the molecule is COC(=O)[C@@H](OC(=O)C1CCOC1)c1ccccc1. The van der Waals surface area contributed by atoms with Gasteiger partial charge >= 0.3 is 11.9 Å². The minimum absolute atomic E-state index is 0.295. The van der Waals surface area contributed by atoms with Crippen LogP contribution in [0.4, 0.5) is 0 Å². The molecule has 0 amide bonds. The van der Waals surface area contributed by atoms with Crippen LogP contribution in [0, 0.1) is 5.92 Å². The Balaban J connectivity index is 2.10. The van der Waals surface area contributed by atoms with Crippen molar-refractivity contribution in [1.82, 2.24) is 0 Å². The predicted octanol–water partition coefficient (Wildman–Crippen LogP) is 1.48. The van der Waals surface area contributed by atoms with Crippen molar-refractivity contribution >= 4 is 11.9 Å². The van der Waals surface area contributed by atoms with Gasteiger partial charge in [0, 0.05) is 12.2 Å². The third kappa shape index (κ3) is 3.32. The van der Waals surface area contributed by atoms with Crippen LogP contribution in [0.1, 0.15) is 18.1 Å². The van der Waals surface area contributed by atoms with Gasteiger partial charge in [-0.25, -0.2) is 4.79 Å². The molecule has 0 aliphatic carbocycles. The van der Waals surface area contributed by atoms with Gasteiger partial charge in [-0.2, -0.15) is 0 Å². The summed E-state index contributed by atoms with van der Waals surface area (Å²) >= 11 is 0. The molecule has 102 valence electrons. The molecule has 0 aromatic heterocycles. The number of rotatable bonds is 4. The fraction of sp³-hybridized carbons (Fsp3) is 0.429. The fourth-order valence-corrected chi connectivity index (χ4v) is 1.92. The van der Waals surface area contributed by atoms with Crippen LogP contribution in [0.5, 0.6) is 0 Å². The minimum atomic E-state index is -1.01. The smallest absolute Gasteiger partial charge is 0.351 e. The van der Waals surface area contributed by atoms with Gasteiger partial charge < -0.3 is 14.2 Å². The van der Waals surface area contributed by atoms with Gasteiger partial charge in [-0.3, -0.25) is 4.79 Å². The van der Waals surface area contributed by atoms with Gasteiger partial charge in [0.05, 0.1) is 19.6 Å². The van der Waals surface area contributed by atoms with Crippen molar-refractivity contribution in [3.8, 4) is 0 Å².